The second kappa shape index (κ2) is 11.1. The molecule has 210 valence electrons. The van der Waals surface area contributed by atoms with E-state index in [1.807, 2.05) is 68.4 Å². The summed E-state index contributed by atoms with van der Waals surface area (Å²) in [4.78, 5) is 23.5. The molecule has 0 bridgehead atoms. The first-order chi connectivity index (χ1) is 19.7. The van der Waals surface area contributed by atoms with Crippen molar-refractivity contribution < 1.29 is 15.3 Å². The van der Waals surface area contributed by atoms with E-state index in [0.29, 0.717) is 34.6 Å². The van der Waals surface area contributed by atoms with Gasteiger partial charge in [-0.25, -0.2) is 4.99 Å². The Kier molecular flexibility index (Phi) is 7.60. The number of hydrogen-bond acceptors (Lipinski definition) is 6. The summed E-state index contributed by atoms with van der Waals surface area (Å²) in [5.41, 5.74) is 3.52. The fourth-order valence-electron chi connectivity index (χ4n) is 5.85. The Morgan fingerprint density at radius 1 is 1.12 bits per heavy atom. The number of rotatable bonds is 8. The molecule has 0 amide bonds. The van der Waals surface area contributed by atoms with Crippen LogP contribution in [0.25, 0.3) is 16.5 Å². The summed E-state index contributed by atoms with van der Waals surface area (Å²) in [5, 5.41) is 22.2. The molecule has 0 spiro atoms. The van der Waals surface area contributed by atoms with Crippen molar-refractivity contribution in [1.82, 2.24) is 9.88 Å². The van der Waals surface area contributed by atoms with E-state index in [-0.39, 0.29) is 17.2 Å². The van der Waals surface area contributed by atoms with Gasteiger partial charge in [0.1, 0.15) is 29.4 Å². The highest BCUT2D eigenvalue weighted by Gasteiger charge is 2.49. The minimum Gasteiger partial charge on any atom is -0.508 e. The van der Waals surface area contributed by atoms with Gasteiger partial charge < -0.3 is 9.84 Å². The zero-order valence-corrected chi connectivity index (χ0v) is 24.1. The van der Waals surface area contributed by atoms with Crippen LogP contribution in [0.2, 0.25) is 0 Å². The van der Waals surface area contributed by atoms with Crippen LogP contribution in [0.5, 0.6) is 11.5 Å². The molecule has 1 aromatic heterocycles. The molecule has 0 aliphatic carbocycles. The predicted octanol–water partition coefficient (Wildman–Crippen LogP) is 3.82. The SMILES string of the molecule is COc1ccccc1-n1c(CNC2N=CN=C(C(C)C)C2(C)C(=[NH2+])c2cccc(O)c2)cc2cccc(C)c2c1=O. The first-order valence-electron chi connectivity index (χ1n) is 13.7. The number of nitrogens with zero attached hydrogens (tertiary/aromatic N) is 3. The highest BCUT2D eigenvalue weighted by Crippen LogP contribution is 2.35. The number of aliphatic imine (C=N–C) groups is 2. The standard InChI is InChI=1S/C33H35N5O3/c1-20(2)30-33(4,29(34)23-12-9-13-25(39)17-23)32(37-19-36-30)35-18-24-16-22-11-8-10-21(3)28(22)31(40)38(24)26-14-6-7-15-27(26)41-5/h6-17,19-20,32,34-35,39H,18H2,1-5H3/p+1. The Labute approximate surface area is 239 Å². The van der Waals surface area contributed by atoms with Gasteiger partial charge in [-0.2, -0.15) is 0 Å². The van der Waals surface area contributed by atoms with Crippen LogP contribution in [0.15, 0.2) is 87.6 Å². The number of nitrogens with one attached hydrogen (secondary N) is 1. The van der Waals surface area contributed by atoms with Crippen molar-refractivity contribution in [2.24, 2.45) is 21.3 Å². The van der Waals surface area contributed by atoms with Crippen LogP contribution >= 0.6 is 0 Å². The molecule has 2 unspecified atom stereocenters. The molecule has 2 atom stereocenters. The van der Waals surface area contributed by atoms with Crippen LogP contribution in [0.1, 0.15) is 37.6 Å². The maximum atomic E-state index is 14.1. The number of ether oxygens (including phenoxy) is 1. The summed E-state index contributed by atoms with van der Waals surface area (Å²) in [5.74, 6) is 0.815. The number of nitrogens with two attached hydrogens (primary N) is 1. The van der Waals surface area contributed by atoms with Gasteiger partial charge in [-0.05, 0) is 67.1 Å². The third-order valence-electron chi connectivity index (χ3n) is 7.89. The van der Waals surface area contributed by atoms with Gasteiger partial charge in [0.2, 0.25) is 0 Å². The molecule has 0 saturated heterocycles. The van der Waals surface area contributed by atoms with Gasteiger partial charge in [-0.3, -0.25) is 25.1 Å². The van der Waals surface area contributed by atoms with Gasteiger partial charge in [-0.15, -0.1) is 0 Å². The van der Waals surface area contributed by atoms with Crippen molar-refractivity contribution in [3.63, 3.8) is 0 Å². The molecule has 3 aromatic carbocycles. The van der Waals surface area contributed by atoms with Gasteiger partial charge in [0.15, 0.2) is 5.71 Å². The van der Waals surface area contributed by atoms with Gasteiger partial charge in [-0.1, -0.05) is 50.2 Å². The molecule has 4 N–H and O–H groups in total. The van der Waals surface area contributed by atoms with Crippen molar-refractivity contribution in [3.05, 3.63) is 100.0 Å². The Morgan fingerprint density at radius 3 is 2.61 bits per heavy atom. The van der Waals surface area contributed by atoms with Crippen molar-refractivity contribution in [3.8, 4) is 17.2 Å². The Bertz CT molecular complexity index is 1750. The van der Waals surface area contributed by atoms with Gasteiger partial charge in [0.05, 0.1) is 18.2 Å². The largest absolute Gasteiger partial charge is 0.508 e. The molecule has 41 heavy (non-hydrogen) atoms. The lowest BCUT2D eigenvalue weighted by Gasteiger charge is -2.38. The Hall–Kier alpha value is -4.56. The van der Waals surface area contributed by atoms with E-state index < -0.39 is 11.6 Å². The Balaban J connectivity index is 1.62. The molecular weight excluding hydrogens is 514 g/mol. The number of aryl methyl sites for hydroxylation is 1. The number of fused-ring (bicyclic) bond motifs is 1. The zero-order valence-electron chi connectivity index (χ0n) is 24.1. The monoisotopic (exact) mass is 550 g/mol. The quantitative estimate of drug-likeness (QED) is 0.290. The van der Waals surface area contributed by atoms with E-state index in [1.165, 1.54) is 0 Å². The first-order valence-corrected chi connectivity index (χ1v) is 13.7. The number of pyridine rings is 1. The molecular formula is C33H36N5O3+. The number of aromatic hydroxyl groups is 1. The lowest BCUT2D eigenvalue weighted by atomic mass is 9.70. The predicted molar refractivity (Wildman–Crippen MR) is 164 cm³/mol. The molecule has 5 rings (SSSR count). The first kappa shape index (κ1) is 28.0. The normalized spacial score (nSPS) is 18.5. The number of para-hydroxylation sites is 2. The smallest absolute Gasteiger partial charge is 0.263 e. The number of aromatic nitrogens is 1. The highest BCUT2D eigenvalue weighted by molar-refractivity contribution is 6.19. The van der Waals surface area contributed by atoms with Crippen LogP contribution in [0.4, 0.5) is 0 Å². The van der Waals surface area contributed by atoms with Crippen LogP contribution < -0.4 is 21.0 Å². The second-order valence-corrected chi connectivity index (χ2v) is 10.9. The minimum atomic E-state index is -0.806. The van der Waals surface area contributed by atoms with Gasteiger partial charge in [0, 0.05) is 23.5 Å². The summed E-state index contributed by atoms with van der Waals surface area (Å²) >= 11 is 0. The average molecular weight is 551 g/mol. The maximum Gasteiger partial charge on any atom is 0.263 e. The molecule has 8 nitrogen and oxygen atoms in total. The van der Waals surface area contributed by atoms with E-state index >= 15 is 0 Å². The van der Waals surface area contributed by atoms with Crippen molar-refractivity contribution in [2.75, 3.05) is 7.11 Å². The lowest BCUT2D eigenvalue weighted by Crippen LogP contribution is -2.63. The number of phenolic OH excluding ortho intramolecular Hbond substituents is 1. The summed E-state index contributed by atoms with van der Waals surface area (Å²) in [6, 6.07) is 22.3. The molecule has 1 aliphatic rings. The van der Waals surface area contributed by atoms with E-state index in [4.69, 9.17) is 15.1 Å². The fourth-order valence-corrected chi connectivity index (χ4v) is 5.85. The Morgan fingerprint density at radius 2 is 1.88 bits per heavy atom. The summed E-state index contributed by atoms with van der Waals surface area (Å²) < 4.78 is 7.36. The number of methoxy groups -OCH3 is 1. The topological polar surface area (TPSA) is 114 Å². The van der Waals surface area contributed by atoms with Crippen molar-refractivity contribution >= 4 is 28.5 Å². The average Bonchev–Trinajstić information content (AvgIpc) is 2.96. The maximum absolute atomic E-state index is 14.1. The van der Waals surface area contributed by atoms with Crippen LogP contribution in [-0.4, -0.2) is 40.7 Å². The third-order valence-corrected chi connectivity index (χ3v) is 7.89. The molecule has 4 aromatic rings. The van der Waals surface area contributed by atoms with E-state index in [1.54, 1.807) is 36.2 Å². The molecule has 2 heterocycles. The molecule has 0 fully saturated rings. The summed E-state index contributed by atoms with van der Waals surface area (Å²) in [6.07, 6.45) is 1.08. The highest BCUT2D eigenvalue weighted by atomic mass is 16.5. The molecule has 8 heteroatoms. The van der Waals surface area contributed by atoms with Crippen molar-refractivity contribution in [1.29, 1.82) is 0 Å². The number of benzene rings is 3. The van der Waals surface area contributed by atoms with Gasteiger partial charge >= 0.3 is 0 Å². The van der Waals surface area contributed by atoms with E-state index in [9.17, 15) is 9.90 Å². The number of phenols is 1. The second-order valence-electron chi connectivity index (χ2n) is 10.9. The molecule has 0 radical (unpaired) electrons. The van der Waals surface area contributed by atoms with Crippen molar-refractivity contribution in [2.45, 2.75) is 40.4 Å². The molecule has 0 saturated carbocycles. The zero-order chi connectivity index (χ0) is 29.3. The van der Waals surface area contributed by atoms with Gasteiger partial charge in [0.25, 0.3) is 5.56 Å². The number of hydrogen-bond donors (Lipinski definition) is 3. The summed E-state index contributed by atoms with van der Waals surface area (Å²) in [7, 11) is 1.60. The van der Waals surface area contributed by atoms with E-state index in [0.717, 1.165) is 22.4 Å². The third kappa shape index (κ3) is 4.95. The minimum absolute atomic E-state index is 0.0855. The van der Waals surface area contributed by atoms with Crippen LogP contribution in [0, 0.1) is 18.3 Å². The lowest BCUT2D eigenvalue weighted by molar-refractivity contribution is -0.121. The van der Waals surface area contributed by atoms with E-state index in [2.05, 4.69) is 24.2 Å². The van der Waals surface area contributed by atoms with Crippen LogP contribution in [0.3, 0.4) is 0 Å². The summed E-state index contributed by atoms with van der Waals surface area (Å²) in [6.45, 7) is 8.44. The fraction of sp³-hybridized carbons (Fsp3) is 0.273. The van der Waals surface area contributed by atoms with Crippen LogP contribution in [-0.2, 0) is 6.54 Å². The molecule has 1 aliphatic heterocycles.